The molecule has 0 unspecified atom stereocenters. The fourth-order valence-electron chi connectivity index (χ4n) is 5.33. The molecule has 3 aromatic rings. The molecule has 11 nitrogen and oxygen atoms in total. The number of piperazine rings is 1. The number of benzene rings is 2. The maximum Gasteiger partial charge on any atom is 0.322 e. The third kappa shape index (κ3) is 8.76. The standard InChI is InChI=1S/C33H41N5O6/c1-23-26(13-10-14-28(23)25-11-6-4-7-12-25)22-44-33-35-19-27(31(36-33)43-3)20-37-17-18-38(21-29(37)32(41)42)30(40)15-8-5-9-16-34-24(2)39/h4,6-7,10-14,19,29H,5,8-9,15-18,20-22H2,1-3H3,(H,34,39)(H,41,42)/t29-/m0/s1. The summed E-state index contributed by atoms with van der Waals surface area (Å²) in [4.78, 5) is 48.2. The minimum atomic E-state index is -0.995. The van der Waals surface area contributed by atoms with Gasteiger partial charge < -0.3 is 24.8 Å². The number of hydrogen-bond donors (Lipinski definition) is 2. The first-order valence-electron chi connectivity index (χ1n) is 14.9. The lowest BCUT2D eigenvalue weighted by Crippen LogP contribution is -2.57. The third-order valence-corrected chi connectivity index (χ3v) is 7.83. The number of carbonyl (C=O) groups is 3. The van der Waals surface area contributed by atoms with Gasteiger partial charge in [-0.05, 0) is 42.0 Å². The summed E-state index contributed by atoms with van der Waals surface area (Å²) in [6, 6.07) is 15.6. The number of rotatable bonds is 14. The van der Waals surface area contributed by atoms with Crippen LogP contribution < -0.4 is 14.8 Å². The molecule has 1 atom stereocenters. The summed E-state index contributed by atoms with van der Waals surface area (Å²) in [7, 11) is 1.50. The quantitative estimate of drug-likeness (QED) is 0.264. The van der Waals surface area contributed by atoms with Crippen LogP contribution in [-0.4, -0.2) is 82.0 Å². The highest BCUT2D eigenvalue weighted by molar-refractivity contribution is 5.79. The van der Waals surface area contributed by atoms with Crippen molar-refractivity contribution >= 4 is 17.8 Å². The van der Waals surface area contributed by atoms with Gasteiger partial charge in [-0.15, -0.1) is 0 Å². The van der Waals surface area contributed by atoms with Crippen molar-refractivity contribution in [3.05, 3.63) is 71.4 Å². The van der Waals surface area contributed by atoms with E-state index in [4.69, 9.17) is 9.47 Å². The summed E-state index contributed by atoms with van der Waals surface area (Å²) >= 11 is 0. The SMILES string of the molecule is COc1nc(OCc2cccc(-c3ccccc3)c2C)ncc1CN1CCN(C(=O)CCCCCNC(C)=O)C[C@H]1C(=O)O. The van der Waals surface area contributed by atoms with Crippen molar-refractivity contribution in [3.8, 4) is 23.0 Å². The summed E-state index contributed by atoms with van der Waals surface area (Å²) in [6.45, 7) is 5.59. The molecule has 0 spiro atoms. The number of carbonyl (C=O) groups excluding carboxylic acids is 2. The maximum absolute atomic E-state index is 12.8. The number of nitrogens with one attached hydrogen (secondary N) is 1. The van der Waals surface area contributed by atoms with Gasteiger partial charge in [-0.3, -0.25) is 19.3 Å². The normalized spacial score (nSPS) is 15.1. The minimum absolute atomic E-state index is 0.0533. The van der Waals surface area contributed by atoms with Crippen LogP contribution in [0.2, 0.25) is 0 Å². The van der Waals surface area contributed by atoms with Crippen molar-refractivity contribution in [1.29, 1.82) is 0 Å². The van der Waals surface area contributed by atoms with E-state index in [1.54, 1.807) is 16.0 Å². The van der Waals surface area contributed by atoms with Crippen LogP contribution in [0.5, 0.6) is 11.9 Å². The zero-order valence-electron chi connectivity index (χ0n) is 25.6. The highest BCUT2D eigenvalue weighted by Gasteiger charge is 2.34. The molecule has 234 valence electrons. The number of carboxylic acids is 1. The summed E-state index contributed by atoms with van der Waals surface area (Å²) in [5.74, 6) is -0.803. The monoisotopic (exact) mass is 603 g/mol. The molecular weight excluding hydrogens is 562 g/mol. The van der Waals surface area contributed by atoms with E-state index >= 15 is 0 Å². The Morgan fingerprint density at radius 3 is 2.55 bits per heavy atom. The fourth-order valence-corrected chi connectivity index (χ4v) is 5.33. The molecule has 0 radical (unpaired) electrons. The van der Waals surface area contributed by atoms with E-state index in [0.717, 1.165) is 35.1 Å². The molecule has 2 N–H and O–H groups in total. The zero-order valence-corrected chi connectivity index (χ0v) is 25.6. The van der Waals surface area contributed by atoms with E-state index in [2.05, 4.69) is 40.4 Å². The highest BCUT2D eigenvalue weighted by atomic mass is 16.5. The van der Waals surface area contributed by atoms with Crippen molar-refractivity contribution in [2.75, 3.05) is 33.3 Å². The van der Waals surface area contributed by atoms with Gasteiger partial charge in [0.2, 0.25) is 17.7 Å². The van der Waals surface area contributed by atoms with Crippen LogP contribution in [0.1, 0.15) is 49.3 Å². The molecule has 44 heavy (non-hydrogen) atoms. The first kappa shape index (κ1) is 32.4. The average Bonchev–Trinajstić information content (AvgIpc) is 3.03. The van der Waals surface area contributed by atoms with E-state index in [1.807, 2.05) is 30.3 Å². The fraction of sp³-hybridized carbons (Fsp3) is 0.424. The molecule has 0 bridgehead atoms. The number of nitrogens with zero attached hydrogens (tertiary/aromatic N) is 4. The predicted molar refractivity (Wildman–Crippen MR) is 165 cm³/mol. The topological polar surface area (TPSA) is 134 Å². The van der Waals surface area contributed by atoms with Crippen LogP contribution in [0, 0.1) is 6.92 Å². The van der Waals surface area contributed by atoms with Crippen molar-refractivity contribution in [1.82, 2.24) is 25.1 Å². The Morgan fingerprint density at radius 1 is 1.02 bits per heavy atom. The molecule has 0 saturated carbocycles. The number of hydrogen-bond acceptors (Lipinski definition) is 8. The second-order valence-corrected chi connectivity index (χ2v) is 10.9. The Balaban J connectivity index is 1.34. The largest absolute Gasteiger partial charge is 0.481 e. The Bertz CT molecular complexity index is 1430. The van der Waals surface area contributed by atoms with Crippen LogP contribution in [0.4, 0.5) is 0 Å². The number of carboxylic acid groups (broad SMARTS) is 1. The summed E-state index contributed by atoms with van der Waals surface area (Å²) in [6.07, 6.45) is 4.26. The lowest BCUT2D eigenvalue weighted by molar-refractivity contribution is -0.149. The molecule has 1 aliphatic heterocycles. The van der Waals surface area contributed by atoms with Crippen LogP contribution in [0.25, 0.3) is 11.1 Å². The Hall–Kier alpha value is -4.51. The Morgan fingerprint density at radius 2 is 1.82 bits per heavy atom. The van der Waals surface area contributed by atoms with Gasteiger partial charge in [-0.1, -0.05) is 55.0 Å². The number of aromatic nitrogens is 2. The van der Waals surface area contributed by atoms with Crippen LogP contribution in [-0.2, 0) is 27.5 Å². The summed E-state index contributed by atoms with van der Waals surface area (Å²) < 4.78 is 11.5. The molecule has 2 amide bonds. The van der Waals surface area contributed by atoms with Gasteiger partial charge in [0.25, 0.3) is 0 Å². The Labute approximate surface area is 258 Å². The number of ether oxygens (including phenoxy) is 2. The number of amides is 2. The van der Waals surface area contributed by atoms with Crippen LogP contribution in [0.3, 0.4) is 0 Å². The van der Waals surface area contributed by atoms with E-state index in [9.17, 15) is 19.5 Å². The molecule has 1 fully saturated rings. The number of aliphatic carboxylic acids is 1. The predicted octanol–water partition coefficient (Wildman–Crippen LogP) is 3.83. The van der Waals surface area contributed by atoms with Crippen molar-refractivity contribution in [2.24, 2.45) is 0 Å². The van der Waals surface area contributed by atoms with Gasteiger partial charge in [0.1, 0.15) is 12.6 Å². The van der Waals surface area contributed by atoms with Gasteiger partial charge in [0.15, 0.2) is 0 Å². The molecule has 2 heterocycles. The first-order valence-corrected chi connectivity index (χ1v) is 14.9. The summed E-state index contributed by atoms with van der Waals surface area (Å²) in [5.41, 5.74) is 5.02. The third-order valence-electron chi connectivity index (χ3n) is 7.83. The van der Waals surface area contributed by atoms with Gasteiger partial charge in [0.05, 0.1) is 7.11 Å². The Kier molecular flexibility index (Phi) is 11.6. The molecule has 4 rings (SSSR count). The van der Waals surface area contributed by atoms with Crippen LogP contribution >= 0.6 is 0 Å². The second-order valence-electron chi connectivity index (χ2n) is 10.9. The maximum atomic E-state index is 12.8. The molecular formula is C33H41N5O6. The molecule has 11 heteroatoms. The highest BCUT2D eigenvalue weighted by Crippen LogP contribution is 2.27. The second kappa shape index (κ2) is 15.8. The van der Waals surface area contributed by atoms with Crippen molar-refractivity contribution in [2.45, 2.75) is 58.7 Å². The van der Waals surface area contributed by atoms with E-state index in [0.29, 0.717) is 43.9 Å². The number of methoxy groups -OCH3 is 1. The van der Waals surface area contributed by atoms with Crippen molar-refractivity contribution < 1.29 is 29.0 Å². The zero-order chi connectivity index (χ0) is 31.5. The number of unbranched alkanes of at least 4 members (excludes halogenated alkanes) is 2. The minimum Gasteiger partial charge on any atom is -0.481 e. The molecule has 0 aliphatic carbocycles. The van der Waals surface area contributed by atoms with Gasteiger partial charge in [-0.2, -0.15) is 4.98 Å². The summed E-state index contributed by atoms with van der Waals surface area (Å²) in [5, 5.41) is 12.7. The van der Waals surface area contributed by atoms with Crippen molar-refractivity contribution in [3.63, 3.8) is 0 Å². The molecule has 2 aromatic carbocycles. The molecule has 1 saturated heterocycles. The average molecular weight is 604 g/mol. The smallest absolute Gasteiger partial charge is 0.322 e. The van der Waals surface area contributed by atoms with Gasteiger partial charge in [-0.25, -0.2) is 4.98 Å². The van der Waals surface area contributed by atoms with E-state index in [1.165, 1.54) is 14.0 Å². The lowest BCUT2D eigenvalue weighted by atomic mass is 9.97. The van der Waals surface area contributed by atoms with Gasteiger partial charge >= 0.3 is 12.0 Å². The van der Waals surface area contributed by atoms with E-state index in [-0.39, 0.29) is 37.5 Å². The van der Waals surface area contributed by atoms with E-state index < -0.39 is 12.0 Å². The molecule has 1 aromatic heterocycles. The van der Waals surface area contributed by atoms with Gasteiger partial charge in [0, 0.05) is 57.8 Å². The van der Waals surface area contributed by atoms with Crippen LogP contribution in [0.15, 0.2) is 54.7 Å². The molecule has 1 aliphatic rings. The first-order chi connectivity index (χ1) is 21.3. The lowest BCUT2D eigenvalue weighted by Gasteiger charge is -2.39.